The summed E-state index contributed by atoms with van der Waals surface area (Å²) in [7, 11) is 3.17. The maximum absolute atomic E-state index is 4.96. The fourth-order valence-electron chi connectivity index (χ4n) is 0.777. The second-order valence-electron chi connectivity index (χ2n) is 1.86. The molecule has 56 valence electrons. The van der Waals surface area contributed by atoms with Crippen LogP contribution < -0.4 is 0 Å². The number of hydrogen-bond donors (Lipinski definition) is 0. The Labute approximate surface area is 59.5 Å². The first-order valence-corrected chi connectivity index (χ1v) is 2.96. The molecule has 0 aliphatic carbocycles. The van der Waals surface area contributed by atoms with Gasteiger partial charge in [-0.15, -0.1) is 0 Å². The molecule has 0 aliphatic heterocycles. The molecule has 0 spiro atoms. The first kappa shape index (κ1) is 7.31. The van der Waals surface area contributed by atoms with Crippen molar-refractivity contribution >= 4 is 0 Å². The normalized spacial score (nSPS) is 10.7. The van der Waals surface area contributed by atoms with Gasteiger partial charge in [-0.1, -0.05) is 0 Å². The van der Waals surface area contributed by atoms with Gasteiger partial charge in [-0.05, 0) is 6.07 Å². The number of ether oxygens (including phenoxy) is 2. The lowest BCUT2D eigenvalue weighted by atomic mass is 10.3. The number of methoxy groups -OCH3 is 2. The third-order valence-corrected chi connectivity index (χ3v) is 1.24. The van der Waals surface area contributed by atoms with Gasteiger partial charge in [-0.25, -0.2) is 0 Å². The van der Waals surface area contributed by atoms with Crippen LogP contribution >= 0.6 is 0 Å². The van der Waals surface area contributed by atoms with Crippen LogP contribution in [0.2, 0.25) is 0 Å². The standard InChI is InChI=1S/C7H10O3/c1-8-7(9-2)6-3-4-10-5-6/h3-5,7H,1-2H3. The molecule has 0 saturated carbocycles. The van der Waals surface area contributed by atoms with E-state index in [4.69, 9.17) is 13.9 Å². The molecular weight excluding hydrogens is 132 g/mol. The van der Waals surface area contributed by atoms with E-state index >= 15 is 0 Å². The molecule has 0 radical (unpaired) electrons. The predicted molar refractivity (Wildman–Crippen MR) is 35.5 cm³/mol. The number of hydrogen-bond acceptors (Lipinski definition) is 3. The van der Waals surface area contributed by atoms with Crippen molar-refractivity contribution < 1.29 is 13.9 Å². The van der Waals surface area contributed by atoms with Gasteiger partial charge in [0.25, 0.3) is 0 Å². The minimum Gasteiger partial charge on any atom is -0.472 e. The van der Waals surface area contributed by atoms with Crippen LogP contribution in [0.4, 0.5) is 0 Å². The molecule has 10 heavy (non-hydrogen) atoms. The average Bonchev–Trinajstić information content (AvgIpc) is 2.43. The summed E-state index contributed by atoms with van der Waals surface area (Å²) in [5.41, 5.74) is 0.894. The summed E-state index contributed by atoms with van der Waals surface area (Å²) in [5.74, 6) is 0. The molecule has 1 rings (SSSR count). The van der Waals surface area contributed by atoms with Crippen molar-refractivity contribution in [3.63, 3.8) is 0 Å². The van der Waals surface area contributed by atoms with Crippen molar-refractivity contribution in [1.29, 1.82) is 0 Å². The zero-order chi connectivity index (χ0) is 7.40. The summed E-state index contributed by atoms with van der Waals surface area (Å²) in [6.07, 6.45) is 2.87. The Morgan fingerprint density at radius 2 is 2.10 bits per heavy atom. The maximum atomic E-state index is 4.96. The largest absolute Gasteiger partial charge is 0.472 e. The smallest absolute Gasteiger partial charge is 0.186 e. The molecule has 0 saturated heterocycles. The Kier molecular flexibility index (Phi) is 2.48. The first-order valence-electron chi connectivity index (χ1n) is 2.96. The molecule has 1 heterocycles. The predicted octanol–water partition coefficient (Wildman–Crippen LogP) is 1.57. The highest BCUT2D eigenvalue weighted by Crippen LogP contribution is 2.16. The van der Waals surface area contributed by atoms with E-state index in [-0.39, 0.29) is 6.29 Å². The molecule has 0 atom stereocenters. The van der Waals surface area contributed by atoms with Crippen molar-refractivity contribution in [2.75, 3.05) is 14.2 Å². The molecule has 0 aliphatic rings. The van der Waals surface area contributed by atoms with Crippen molar-refractivity contribution in [2.24, 2.45) is 0 Å². The second kappa shape index (κ2) is 3.39. The highest BCUT2D eigenvalue weighted by atomic mass is 16.7. The Morgan fingerprint density at radius 1 is 1.40 bits per heavy atom. The first-order chi connectivity index (χ1) is 4.88. The van der Waals surface area contributed by atoms with Crippen LogP contribution in [0.3, 0.4) is 0 Å². The summed E-state index contributed by atoms with van der Waals surface area (Å²) in [6, 6.07) is 1.80. The highest BCUT2D eigenvalue weighted by Gasteiger charge is 2.08. The Bertz CT molecular complexity index is 165. The molecule has 0 aromatic carbocycles. The van der Waals surface area contributed by atoms with Crippen LogP contribution in [0.5, 0.6) is 0 Å². The Balaban J connectivity index is 2.64. The minimum absolute atomic E-state index is 0.307. The number of rotatable bonds is 3. The van der Waals surface area contributed by atoms with Crippen molar-refractivity contribution in [2.45, 2.75) is 6.29 Å². The van der Waals surface area contributed by atoms with E-state index in [9.17, 15) is 0 Å². The fraction of sp³-hybridized carbons (Fsp3) is 0.429. The van der Waals surface area contributed by atoms with Crippen molar-refractivity contribution in [3.8, 4) is 0 Å². The van der Waals surface area contributed by atoms with E-state index in [1.807, 2.05) is 0 Å². The molecule has 0 fully saturated rings. The molecule has 0 bridgehead atoms. The van der Waals surface area contributed by atoms with Crippen molar-refractivity contribution in [3.05, 3.63) is 24.2 Å². The summed E-state index contributed by atoms with van der Waals surface area (Å²) in [4.78, 5) is 0. The van der Waals surface area contributed by atoms with Gasteiger partial charge in [0.05, 0.1) is 12.5 Å². The lowest BCUT2D eigenvalue weighted by Crippen LogP contribution is -2.01. The Hall–Kier alpha value is -0.800. The highest BCUT2D eigenvalue weighted by molar-refractivity contribution is 5.06. The van der Waals surface area contributed by atoms with Gasteiger partial charge in [-0.3, -0.25) is 0 Å². The summed E-state index contributed by atoms with van der Waals surface area (Å²) < 4.78 is 14.8. The van der Waals surface area contributed by atoms with Gasteiger partial charge in [-0.2, -0.15) is 0 Å². The second-order valence-corrected chi connectivity index (χ2v) is 1.86. The van der Waals surface area contributed by atoms with E-state index < -0.39 is 0 Å². The third kappa shape index (κ3) is 1.37. The van der Waals surface area contributed by atoms with Gasteiger partial charge in [0, 0.05) is 19.8 Å². The lowest BCUT2D eigenvalue weighted by molar-refractivity contribution is -0.106. The van der Waals surface area contributed by atoms with E-state index in [0.717, 1.165) is 5.56 Å². The van der Waals surface area contributed by atoms with Gasteiger partial charge >= 0.3 is 0 Å². The SMILES string of the molecule is COC(OC)c1ccoc1. The monoisotopic (exact) mass is 142 g/mol. The van der Waals surface area contributed by atoms with Crippen LogP contribution in [-0.4, -0.2) is 14.2 Å². The van der Waals surface area contributed by atoms with Crippen LogP contribution in [0.1, 0.15) is 11.9 Å². The number of furan rings is 1. The maximum Gasteiger partial charge on any atom is 0.186 e. The van der Waals surface area contributed by atoms with E-state index in [1.54, 1.807) is 32.8 Å². The van der Waals surface area contributed by atoms with E-state index in [1.165, 1.54) is 0 Å². The lowest BCUT2D eigenvalue weighted by Gasteiger charge is -2.09. The topological polar surface area (TPSA) is 31.6 Å². The molecule has 3 heteroatoms. The molecular formula is C7H10O3. The van der Waals surface area contributed by atoms with Gasteiger partial charge < -0.3 is 13.9 Å². The fourth-order valence-corrected chi connectivity index (χ4v) is 0.777. The molecule has 1 aromatic heterocycles. The molecule has 3 nitrogen and oxygen atoms in total. The van der Waals surface area contributed by atoms with Gasteiger partial charge in [0.15, 0.2) is 6.29 Å². The van der Waals surface area contributed by atoms with Crippen LogP contribution in [0.25, 0.3) is 0 Å². The molecule has 1 aromatic rings. The van der Waals surface area contributed by atoms with E-state index in [0.29, 0.717) is 0 Å². The van der Waals surface area contributed by atoms with E-state index in [2.05, 4.69) is 0 Å². The average molecular weight is 142 g/mol. The molecule has 0 amide bonds. The summed E-state index contributed by atoms with van der Waals surface area (Å²) in [6.45, 7) is 0. The van der Waals surface area contributed by atoms with Gasteiger partial charge in [0.2, 0.25) is 0 Å². The third-order valence-electron chi connectivity index (χ3n) is 1.24. The zero-order valence-electron chi connectivity index (χ0n) is 6.03. The minimum atomic E-state index is -0.307. The quantitative estimate of drug-likeness (QED) is 0.600. The van der Waals surface area contributed by atoms with Crippen LogP contribution in [0.15, 0.2) is 23.0 Å². The zero-order valence-corrected chi connectivity index (χ0v) is 6.03. The van der Waals surface area contributed by atoms with Crippen LogP contribution in [-0.2, 0) is 9.47 Å². The Morgan fingerprint density at radius 3 is 2.50 bits per heavy atom. The van der Waals surface area contributed by atoms with Crippen LogP contribution in [0, 0.1) is 0 Å². The molecule has 0 unspecified atom stereocenters. The summed E-state index contributed by atoms with van der Waals surface area (Å²) >= 11 is 0. The van der Waals surface area contributed by atoms with Crippen molar-refractivity contribution in [1.82, 2.24) is 0 Å². The van der Waals surface area contributed by atoms with Gasteiger partial charge in [0.1, 0.15) is 0 Å². The summed E-state index contributed by atoms with van der Waals surface area (Å²) in [5, 5.41) is 0. The molecule has 0 N–H and O–H groups in total.